The third-order valence-corrected chi connectivity index (χ3v) is 5.30. The highest BCUT2D eigenvalue weighted by Gasteiger charge is 2.14. The lowest BCUT2D eigenvalue weighted by molar-refractivity contribution is -0.111. The number of furan rings is 1. The second-order valence-corrected chi connectivity index (χ2v) is 7.51. The molecule has 1 aromatic heterocycles. The van der Waals surface area contributed by atoms with E-state index in [1.807, 2.05) is 54.6 Å². The molecular weight excluding hydrogens is 384 g/mol. The van der Waals surface area contributed by atoms with Crippen molar-refractivity contribution < 1.29 is 9.21 Å². The van der Waals surface area contributed by atoms with E-state index in [-0.39, 0.29) is 5.91 Å². The van der Waals surface area contributed by atoms with Crippen molar-refractivity contribution in [3.63, 3.8) is 0 Å². The number of nitrogens with one attached hydrogen (secondary N) is 1. The summed E-state index contributed by atoms with van der Waals surface area (Å²) in [5, 5.41) is 3.51. The Morgan fingerprint density at radius 3 is 2.55 bits per heavy atom. The molecule has 0 bridgehead atoms. The highest BCUT2D eigenvalue weighted by Crippen LogP contribution is 2.31. The first-order chi connectivity index (χ1) is 14.2. The summed E-state index contributed by atoms with van der Waals surface area (Å²) in [6, 6.07) is 19.3. The topological polar surface area (TPSA) is 45.5 Å². The van der Waals surface area contributed by atoms with Gasteiger partial charge in [0.1, 0.15) is 11.5 Å². The van der Waals surface area contributed by atoms with Crippen LogP contribution in [0.25, 0.3) is 17.4 Å². The second kappa shape index (κ2) is 9.01. The molecule has 0 unspecified atom stereocenters. The molecule has 0 saturated carbocycles. The first kappa shape index (κ1) is 19.3. The quantitative estimate of drug-likeness (QED) is 0.510. The van der Waals surface area contributed by atoms with Crippen LogP contribution in [0, 0.1) is 0 Å². The number of hydrogen-bond donors (Lipinski definition) is 1. The van der Waals surface area contributed by atoms with Gasteiger partial charge in [-0.3, -0.25) is 4.79 Å². The van der Waals surface area contributed by atoms with Crippen molar-refractivity contribution in [3.05, 3.63) is 77.5 Å². The highest BCUT2D eigenvalue weighted by molar-refractivity contribution is 6.33. The third kappa shape index (κ3) is 4.90. The number of carbonyl (C=O) groups excluding carboxylic acids is 1. The molecule has 2 heterocycles. The molecule has 1 aliphatic heterocycles. The Kier molecular flexibility index (Phi) is 6.01. The van der Waals surface area contributed by atoms with E-state index >= 15 is 0 Å². The molecule has 3 aromatic rings. The summed E-state index contributed by atoms with van der Waals surface area (Å²) in [7, 11) is 0. The number of anilines is 2. The van der Waals surface area contributed by atoms with Crippen LogP contribution in [0.2, 0.25) is 5.02 Å². The predicted molar refractivity (Wildman–Crippen MR) is 119 cm³/mol. The Hall–Kier alpha value is -2.98. The minimum Gasteiger partial charge on any atom is -0.457 e. The lowest BCUT2D eigenvalue weighted by Crippen LogP contribution is -2.29. The summed E-state index contributed by atoms with van der Waals surface area (Å²) in [6.07, 6.45) is 6.78. The summed E-state index contributed by atoms with van der Waals surface area (Å²) in [4.78, 5) is 14.6. The van der Waals surface area contributed by atoms with Gasteiger partial charge in [-0.2, -0.15) is 0 Å². The van der Waals surface area contributed by atoms with Crippen LogP contribution in [-0.2, 0) is 4.79 Å². The summed E-state index contributed by atoms with van der Waals surface area (Å²) < 4.78 is 5.78. The molecule has 0 aliphatic carbocycles. The Labute approximate surface area is 175 Å². The van der Waals surface area contributed by atoms with Crippen LogP contribution in [0.15, 0.2) is 71.2 Å². The zero-order valence-corrected chi connectivity index (χ0v) is 16.9. The standard InChI is InChI=1S/C24H23ClN2O2/c25-21-17-19(9-12-22(21)27-15-5-2-6-16-27)26-24(28)14-11-20-10-13-23(29-20)18-7-3-1-4-8-18/h1,3-4,7-14,17H,2,5-6,15-16H2,(H,26,28)/b14-11+. The average Bonchev–Trinajstić information content (AvgIpc) is 3.23. The fraction of sp³-hybridized carbons (Fsp3) is 0.208. The summed E-state index contributed by atoms with van der Waals surface area (Å²) in [6.45, 7) is 2.06. The number of amides is 1. The molecule has 4 nitrogen and oxygen atoms in total. The van der Waals surface area contributed by atoms with Gasteiger partial charge in [0.25, 0.3) is 0 Å². The van der Waals surface area contributed by atoms with Crippen LogP contribution in [0.4, 0.5) is 11.4 Å². The SMILES string of the molecule is O=C(/C=C/c1ccc(-c2ccccc2)o1)Nc1ccc(N2CCCCC2)c(Cl)c1. The number of carbonyl (C=O) groups is 1. The van der Waals surface area contributed by atoms with E-state index in [9.17, 15) is 4.79 Å². The largest absolute Gasteiger partial charge is 0.457 e. The maximum atomic E-state index is 12.3. The monoisotopic (exact) mass is 406 g/mol. The molecule has 1 N–H and O–H groups in total. The fourth-order valence-electron chi connectivity index (χ4n) is 3.52. The fourth-order valence-corrected chi connectivity index (χ4v) is 3.82. The Bertz CT molecular complexity index is 1000. The summed E-state index contributed by atoms with van der Waals surface area (Å²) in [5.74, 6) is 1.16. The van der Waals surface area contributed by atoms with Crippen molar-refractivity contribution in [1.82, 2.24) is 0 Å². The molecule has 148 valence electrons. The molecule has 0 atom stereocenters. The normalized spacial score (nSPS) is 14.3. The zero-order valence-electron chi connectivity index (χ0n) is 16.1. The van der Waals surface area contributed by atoms with E-state index < -0.39 is 0 Å². The number of benzene rings is 2. The van der Waals surface area contributed by atoms with Crippen molar-refractivity contribution in [2.45, 2.75) is 19.3 Å². The van der Waals surface area contributed by atoms with E-state index in [1.165, 1.54) is 25.3 Å². The lowest BCUT2D eigenvalue weighted by Gasteiger charge is -2.29. The second-order valence-electron chi connectivity index (χ2n) is 7.10. The molecule has 4 rings (SSSR count). The van der Waals surface area contributed by atoms with E-state index in [0.29, 0.717) is 16.5 Å². The third-order valence-electron chi connectivity index (χ3n) is 5.00. The highest BCUT2D eigenvalue weighted by atomic mass is 35.5. The van der Waals surface area contributed by atoms with Crippen LogP contribution in [0.5, 0.6) is 0 Å². The van der Waals surface area contributed by atoms with E-state index in [1.54, 1.807) is 12.1 Å². The maximum Gasteiger partial charge on any atom is 0.248 e. The van der Waals surface area contributed by atoms with Gasteiger partial charge in [0.2, 0.25) is 5.91 Å². The molecule has 1 aliphatic rings. The number of piperidine rings is 1. The van der Waals surface area contributed by atoms with Crippen LogP contribution in [0.3, 0.4) is 0 Å². The van der Waals surface area contributed by atoms with Crippen molar-refractivity contribution in [1.29, 1.82) is 0 Å². The van der Waals surface area contributed by atoms with Crippen LogP contribution < -0.4 is 10.2 Å². The van der Waals surface area contributed by atoms with Crippen molar-refractivity contribution in [2.75, 3.05) is 23.3 Å². The predicted octanol–water partition coefficient (Wildman–Crippen LogP) is 6.24. The van der Waals surface area contributed by atoms with Gasteiger partial charge in [-0.25, -0.2) is 0 Å². The van der Waals surface area contributed by atoms with Crippen LogP contribution >= 0.6 is 11.6 Å². The Morgan fingerprint density at radius 2 is 1.79 bits per heavy atom. The smallest absolute Gasteiger partial charge is 0.248 e. The van der Waals surface area contributed by atoms with Crippen molar-refractivity contribution in [2.24, 2.45) is 0 Å². The number of halogens is 1. The Morgan fingerprint density at radius 1 is 1.00 bits per heavy atom. The molecule has 29 heavy (non-hydrogen) atoms. The molecule has 0 spiro atoms. The molecule has 5 heteroatoms. The minimum atomic E-state index is -0.232. The minimum absolute atomic E-state index is 0.232. The van der Waals surface area contributed by atoms with Crippen molar-refractivity contribution in [3.8, 4) is 11.3 Å². The summed E-state index contributed by atoms with van der Waals surface area (Å²) in [5.41, 5.74) is 2.71. The molecular formula is C24H23ClN2O2. The molecule has 1 saturated heterocycles. The molecule has 1 fully saturated rings. The van der Waals surface area contributed by atoms with Gasteiger partial charge >= 0.3 is 0 Å². The van der Waals surface area contributed by atoms with Crippen LogP contribution in [0.1, 0.15) is 25.0 Å². The van der Waals surface area contributed by atoms with E-state index in [2.05, 4.69) is 10.2 Å². The van der Waals surface area contributed by atoms with Gasteiger partial charge in [0, 0.05) is 30.4 Å². The number of rotatable bonds is 5. The van der Waals surface area contributed by atoms with Gasteiger partial charge < -0.3 is 14.6 Å². The van der Waals surface area contributed by atoms with Gasteiger partial charge in [0.15, 0.2) is 0 Å². The molecule has 0 radical (unpaired) electrons. The molecule has 2 aromatic carbocycles. The first-order valence-corrected chi connectivity index (χ1v) is 10.3. The maximum absolute atomic E-state index is 12.3. The average molecular weight is 407 g/mol. The lowest BCUT2D eigenvalue weighted by atomic mass is 10.1. The van der Waals surface area contributed by atoms with Gasteiger partial charge in [-0.05, 0) is 55.7 Å². The number of nitrogens with zero attached hydrogens (tertiary/aromatic N) is 1. The summed E-state index contributed by atoms with van der Waals surface area (Å²) >= 11 is 6.45. The number of hydrogen-bond acceptors (Lipinski definition) is 3. The zero-order chi connectivity index (χ0) is 20.1. The Balaban J connectivity index is 1.38. The van der Waals surface area contributed by atoms with Gasteiger partial charge in [-0.1, -0.05) is 41.9 Å². The first-order valence-electron chi connectivity index (χ1n) is 9.88. The van der Waals surface area contributed by atoms with Crippen molar-refractivity contribution >= 4 is 35.0 Å². The van der Waals surface area contributed by atoms with E-state index in [0.717, 1.165) is 30.1 Å². The molecule has 1 amide bonds. The van der Waals surface area contributed by atoms with Gasteiger partial charge in [0.05, 0.1) is 10.7 Å². The van der Waals surface area contributed by atoms with Crippen LogP contribution in [-0.4, -0.2) is 19.0 Å². The van der Waals surface area contributed by atoms with E-state index in [4.69, 9.17) is 16.0 Å². The van der Waals surface area contributed by atoms with Gasteiger partial charge in [-0.15, -0.1) is 0 Å².